The van der Waals surface area contributed by atoms with Gasteiger partial charge in [0.2, 0.25) is 0 Å². The van der Waals surface area contributed by atoms with Crippen LogP contribution in [0.15, 0.2) is 60.9 Å². The summed E-state index contributed by atoms with van der Waals surface area (Å²) in [5.41, 5.74) is 1.71. The van der Waals surface area contributed by atoms with Gasteiger partial charge < -0.3 is 4.74 Å². The normalized spacial score (nSPS) is 10.9. The van der Waals surface area contributed by atoms with Crippen molar-refractivity contribution >= 4 is 5.78 Å². The van der Waals surface area contributed by atoms with Crippen LogP contribution in [0.5, 0.6) is 5.75 Å². The number of carbonyl (C=O) groups excluding carboxylic acids is 1. The zero-order valence-electron chi connectivity index (χ0n) is 15.1. The molecule has 0 radical (unpaired) electrons. The number of ether oxygens (including phenoxy) is 1. The van der Waals surface area contributed by atoms with Crippen molar-refractivity contribution < 1.29 is 9.53 Å². The van der Waals surface area contributed by atoms with Gasteiger partial charge in [-0.05, 0) is 23.6 Å². The van der Waals surface area contributed by atoms with Crippen LogP contribution in [0.4, 0.5) is 0 Å². The minimum Gasteiger partial charge on any atom is -0.489 e. The van der Waals surface area contributed by atoms with Gasteiger partial charge in [0.15, 0.2) is 5.78 Å². The topological polar surface area (TPSA) is 57.0 Å². The van der Waals surface area contributed by atoms with E-state index >= 15 is 0 Å². The number of hydrogen-bond acceptors (Lipinski definition) is 4. The second-order valence-corrected chi connectivity index (χ2v) is 6.65. The molecule has 0 aliphatic heterocycles. The zero-order chi connectivity index (χ0) is 18.4. The molecule has 0 aliphatic carbocycles. The molecule has 1 heterocycles. The van der Waals surface area contributed by atoms with Crippen molar-refractivity contribution in [2.75, 3.05) is 0 Å². The summed E-state index contributed by atoms with van der Waals surface area (Å²) in [7, 11) is 0. The quantitative estimate of drug-likeness (QED) is 0.578. The van der Waals surface area contributed by atoms with Crippen molar-refractivity contribution in [2.24, 2.45) is 5.92 Å². The number of rotatable bonds is 8. The number of ketones is 1. The lowest BCUT2D eigenvalue weighted by molar-refractivity contribution is 0.0988. The van der Waals surface area contributed by atoms with E-state index in [-0.39, 0.29) is 12.2 Å². The Kier molecular flexibility index (Phi) is 5.79. The first-order valence-corrected chi connectivity index (χ1v) is 8.78. The third kappa shape index (κ3) is 4.79. The molecule has 3 aromatic rings. The molecule has 134 valence electrons. The van der Waals surface area contributed by atoms with Crippen molar-refractivity contribution in [2.45, 2.75) is 33.4 Å². The summed E-state index contributed by atoms with van der Waals surface area (Å²) in [5.74, 6) is 1.83. The fourth-order valence-electron chi connectivity index (χ4n) is 2.67. The number of carbonyl (C=O) groups is 1. The maximum absolute atomic E-state index is 12.6. The number of benzene rings is 2. The average molecular weight is 349 g/mol. The number of aromatic nitrogens is 3. The van der Waals surface area contributed by atoms with Crippen LogP contribution >= 0.6 is 0 Å². The fourth-order valence-corrected chi connectivity index (χ4v) is 2.67. The van der Waals surface area contributed by atoms with Gasteiger partial charge >= 0.3 is 0 Å². The highest BCUT2D eigenvalue weighted by Gasteiger charge is 2.13. The smallest absolute Gasteiger partial charge is 0.170 e. The molecule has 0 bridgehead atoms. The van der Waals surface area contributed by atoms with Crippen LogP contribution in [-0.2, 0) is 19.6 Å². The van der Waals surface area contributed by atoms with Crippen LogP contribution in [-0.4, -0.2) is 20.5 Å². The van der Waals surface area contributed by atoms with E-state index in [0.717, 1.165) is 12.1 Å². The van der Waals surface area contributed by atoms with E-state index in [4.69, 9.17) is 4.74 Å². The first-order valence-electron chi connectivity index (χ1n) is 8.78. The number of Topliss-reactive ketones (excluding diaryl/α,β-unsaturated/α-hetero) is 1. The maximum atomic E-state index is 12.6. The van der Waals surface area contributed by atoms with E-state index < -0.39 is 0 Å². The molecule has 0 N–H and O–H groups in total. The molecular formula is C21H23N3O2. The van der Waals surface area contributed by atoms with Crippen molar-refractivity contribution in [3.05, 3.63) is 77.9 Å². The van der Waals surface area contributed by atoms with E-state index in [0.29, 0.717) is 29.7 Å². The fraction of sp³-hybridized carbons (Fsp3) is 0.286. The van der Waals surface area contributed by atoms with Crippen LogP contribution in [0, 0.1) is 5.92 Å². The molecule has 0 saturated carbocycles. The van der Waals surface area contributed by atoms with Crippen LogP contribution in [0.3, 0.4) is 0 Å². The second-order valence-electron chi connectivity index (χ2n) is 6.65. The van der Waals surface area contributed by atoms with E-state index in [1.54, 1.807) is 16.8 Å². The van der Waals surface area contributed by atoms with Gasteiger partial charge in [-0.3, -0.25) is 4.79 Å². The lowest BCUT2D eigenvalue weighted by Gasteiger charge is -2.09. The highest BCUT2D eigenvalue weighted by Crippen LogP contribution is 2.17. The molecule has 0 atom stereocenters. The first kappa shape index (κ1) is 17.9. The Morgan fingerprint density at radius 2 is 1.92 bits per heavy atom. The third-order valence-corrected chi connectivity index (χ3v) is 3.96. The van der Waals surface area contributed by atoms with E-state index in [9.17, 15) is 4.79 Å². The van der Waals surface area contributed by atoms with Gasteiger partial charge in [-0.1, -0.05) is 56.3 Å². The predicted molar refractivity (Wildman–Crippen MR) is 100 cm³/mol. The van der Waals surface area contributed by atoms with Crippen LogP contribution in [0.1, 0.15) is 35.6 Å². The summed E-state index contributed by atoms with van der Waals surface area (Å²) in [4.78, 5) is 16.9. The Morgan fingerprint density at radius 1 is 1.12 bits per heavy atom. The molecule has 1 aromatic heterocycles. The summed E-state index contributed by atoms with van der Waals surface area (Å²) >= 11 is 0. The molecule has 5 nitrogen and oxygen atoms in total. The molecule has 0 saturated heterocycles. The SMILES string of the molecule is CC(C)Cn1ncnc1CC(=O)c1cccc(OCc2ccccc2)c1. The van der Waals surface area contributed by atoms with Gasteiger partial charge in [-0.25, -0.2) is 9.67 Å². The minimum atomic E-state index is 0.00756. The highest BCUT2D eigenvalue weighted by atomic mass is 16.5. The second kappa shape index (κ2) is 8.43. The van der Waals surface area contributed by atoms with Crippen molar-refractivity contribution in [1.29, 1.82) is 0 Å². The van der Waals surface area contributed by atoms with E-state index in [2.05, 4.69) is 23.9 Å². The molecular weight excluding hydrogens is 326 g/mol. The first-order chi connectivity index (χ1) is 12.6. The van der Waals surface area contributed by atoms with Gasteiger partial charge in [-0.2, -0.15) is 5.10 Å². The molecule has 0 aliphatic rings. The third-order valence-electron chi connectivity index (χ3n) is 3.96. The van der Waals surface area contributed by atoms with Crippen LogP contribution < -0.4 is 4.74 Å². The predicted octanol–water partition coefficient (Wildman–Crippen LogP) is 3.94. The van der Waals surface area contributed by atoms with Gasteiger partial charge in [0.05, 0.1) is 6.42 Å². The Labute approximate surface area is 153 Å². The Balaban J connectivity index is 1.66. The van der Waals surface area contributed by atoms with E-state index in [1.807, 2.05) is 42.5 Å². The lowest BCUT2D eigenvalue weighted by atomic mass is 10.1. The Morgan fingerprint density at radius 3 is 2.69 bits per heavy atom. The number of hydrogen-bond donors (Lipinski definition) is 0. The molecule has 0 amide bonds. The zero-order valence-corrected chi connectivity index (χ0v) is 15.1. The largest absolute Gasteiger partial charge is 0.489 e. The highest BCUT2D eigenvalue weighted by molar-refractivity contribution is 5.97. The lowest BCUT2D eigenvalue weighted by Crippen LogP contribution is -2.14. The maximum Gasteiger partial charge on any atom is 0.170 e. The summed E-state index contributed by atoms with van der Waals surface area (Å²) in [6.07, 6.45) is 1.74. The van der Waals surface area contributed by atoms with Crippen LogP contribution in [0.2, 0.25) is 0 Å². The molecule has 2 aromatic carbocycles. The molecule has 0 spiro atoms. The van der Waals surface area contributed by atoms with Crippen LogP contribution in [0.25, 0.3) is 0 Å². The molecule has 3 rings (SSSR count). The molecule has 0 unspecified atom stereocenters. The standard InChI is InChI=1S/C21H23N3O2/c1-16(2)13-24-21(22-15-23-24)12-20(25)18-9-6-10-19(11-18)26-14-17-7-4-3-5-8-17/h3-11,15-16H,12-14H2,1-2H3. The molecule has 26 heavy (non-hydrogen) atoms. The monoisotopic (exact) mass is 349 g/mol. The van der Waals surface area contributed by atoms with Crippen molar-refractivity contribution in [3.63, 3.8) is 0 Å². The van der Waals surface area contributed by atoms with Gasteiger partial charge in [-0.15, -0.1) is 0 Å². The molecule has 0 fully saturated rings. The Bertz CT molecular complexity index is 856. The van der Waals surface area contributed by atoms with Crippen molar-refractivity contribution in [3.8, 4) is 5.75 Å². The average Bonchev–Trinajstić information content (AvgIpc) is 3.07. The Hall–Kier alpha value is -2.95. The summed E-state index contributed by atoms with van der Waals surface area (Å²) in [6.45, 7) is 5.45. The van der Waals surface area contributed by atoms with Gasteiger partial charge in [0.25, 0.3) is 0 Å². The summed E-state index contributed by atoms with van der Waals surface area (Å²) in [6, 6.07) is 17.2. The number of nitrogens with zero attached hydrogens (tertiary/aromatic N) is 3. The summed E-state index contributed by atoms with van der Waals surface area (Å²) in [5, 5.41) is 4.21. The van der Waals surface area contributed by atoms with Gasteiger partial charge in [0, 0.05) is 12.1 Å². The van der Waals surface area contributed by atoms with E-state index in [1.165, 1.54) is 6.33 Å². The molecule has 5 heteroatoms. The minimum absolute atomic E-state index is 0.00756. The van der Waals surface area contributed by atoms with Crippen molar-refractivity contribution in [1.82, 2.24) is 14.8 Å². The summed E-state index contributed by atoms with van der Waals surface area (Å²) < 4.78 is 7.61. The van der Waals surface area contributed by atoms with Gasteiger partial charge in [0.1, 0.15) is 24.5 Å².